The van der Waals surface area contributed by atoms with E-state index >= 15 is 0 Å². The molecule has 2 rings (SSSR count). The van der Waals surface area contributed by atoms with Gasteiger partial charge in [-0.3, -0.25) is 0 Å². The molecule has 7 heteroatoms. The van der Waals surface area contributed by atoms with Crippen molar-refractivity contribution in [3.8, 4) is 0 Å². The summed E-state index contributed by atoms with van der Waals surface area (Å²) >= 11 is 0. The van der Waals surface area contributed by atoms with E-state index in [0.29, 0.717) is 13.0 Å². The normalized spacial score (nSPS) is 22.1. The first-order valence-electron chi connectivity index (χ1n) is 4.25. The van der Waals surface area contributed by atoms with E-state index in [-0.39, 0.29) is 18.2 Å². The second-order valence-corrected chi connectivity index (χ2v) is 3.29. The average molecular weight is 206 g/mol. The lowest BCUT2D eigenvalue weighted by Gasteiger charge is -2.23. The molecular formula is C7H9F3N4. The molecule has 0 fully saturated rings. The van der Waals surface area contributed by atoms with Crippen LogP contribution in [0.1, 0.15) is 24.6 Å². The molecule has 4 nitrogen and oxygen atoms in total. The van der Waals surface area contributed by atoms with Gasteiger partial charge in [0, 0.05) is 6.54 Å². The molecule has 0 saturated carbocycles. The maximum Gasteiger partial charge on any atom is 0.398 e. The number of rotatable bonds is 0. The molecule has 2 heterocycles. The predicted molar refractivity (Wildman–Crippen MR) is 42.5 cm³/mol. The van der Waals surface area contributed by atoms with Gasteiger partial charge in [-0.05, 0) is 12.8 Å². The van der Waals surface area contributed by atoms with Crippen molar-refractivity contribution in [3.63, 3.8) is 0 Å². The van der Waals surface area contributed by atoms with E-state index in [1.165, 1.54) is 4.68 Å². The van der Waals surface area contributed by atoms with Gasteiger partial charge in [-0.25, -0.2) is 4.68 Å². The number of halogens is 3. The number of nitrogens with zero attached hydrogens (tertiary/aromatic N) is 3. The largest absolute Gasteiger partial charge is 0.398 e. The molecule has 1 aromatic heterocycles. The summed E-state index contributed by atoms with van der Waals surface area (Å²) in [6, 6.07) is 0. The summed E-state index contributed by atoms with van der Waals surface area (Å²) in [6.45, 7) is 0.464. The van der Waals surface area contributed by atoms with Crippen LogP contribution >= 0.6 is 0 Å². The van der Waals surface area contributed by atoms with Crippen LogP contribution in [0.3, 0.4) is 0 Å². The number of anilines is 1. The topological polar surface area (TPSA) is 56.7 Å². The van der Waals surface area contributed by atoms with Gasteiger partial charge in [-0.2, -0.15) is 18.2 Å². The molecule has 2 N–H and O–H groups in total. The molecule has 0 bridgehead atoms. The molecule has 0 spiro atoms. The van der Waals surface area contributed by atoms with Gasteiger partial charge in [0.15, 0.2) is 0 Å². The molecule has 1 aromatic rings. The van der Waals surface area contributed by atoms with Crippen LogP contribution in [0.5, 0.6) is 0 Å². The number of aromatic nitrogens is 3. The van der Waals surface area contributed by atoms with Crippen molar-refractivity contribution in [2.45, 2.75) is 31.5 Å². The van der Waals surface area contributed by atoms with Crippen molar-refractivity contribution in [2.75, 3.05) is 5.73 Å². The first-order chi connectivity index (χ1) is 6.48. The number of hydrogen-bond acceptors (Lipinski definition) is 3. The zero-order valence-electron chi connectivity index (χ0n) is 7.25. The van der Waals surface area contributed by atoms with Crippen LogP contribution in [0.4, 0.5) is 19.1 Å². The van der Waals surface area contributed by atoms with Gasteiger partial charge >= 0.3 is 6.18 Å². The molecule has 1 unspecified atom stereocenters. The Morgan fingerprint density at radius 3 is 2.79 bits per heavy atom. The monoisotopic (exact) mass is 206 g/mol. The number of alkyl halides is 3. The average Bonchev–Trinajstić information content (AvgIpc) is 2.41. The van der Waals surface area contributed by atoms with E-state index in [9.17, 15) is 13.2 Å². The Kier molecular flexibility index (Phi) is 1.90. The molecule has 1 aliphatic heterocycles. The summed E-state index contributed by atoms with van der Waals surface area (Å²) in [4.78, 5) is 3.61. The van der Waals surface area contributed by atoms with Crippen molar-refractivity contribution in [3.05, 3.63) is 5.82 Å². The zero-order chi connectivity index (χ0) is 10.3. The molecule has 0 aromatic carbocycles. The highest BCUT2D eigenvalue weighted by Gasteiger charge is 2.44. The van der Waals surface area contributed by atoms with Crippen molar-refractivity contribution in [2.24, 2.45) is 0 Å². The Balaban J connectivity index is 2.40. The smallest absolute Gasteiger partial charge is 0.366 e. The fourth-order valence-electron chi connectivity index (χ4n) is 1.68. The van der Waals surface area contributed by atoms with Crippen LogP contribution in [-0.2, 0) is 6.54 Å². The highest BCUT2D eigenvalue weighted by Crippen LogP contribution is 2.39. The molecule has 14 heavy (non-hydrogen) atoms. The summed E-state index contributed by atoms with van der Waals surface area (Å²) in [7, 11) is 0. The zero-order valence-corrected chi connectivity index (χ0v) is 7.25. The summed E-state index contributed by atoms with van der Waals surface area (Å²) in [5.74, 6) is -1.65. The molecule has 1 aliphatic rings. The molecule has 1 atom stereocenters. The van der Waals surface area contributed by atoms with Crippen LogP contribution in [-0.4, -0.2) is 20.9 Å². The fraction of sp³-hybridized carbons (Fsp3) is 0.714. The highest BCUT2D eigenvalue weighted by atomic mass is 19.4. The predicted octanol–water partition coefficient (Wildman–Crippen LogP) is 1.30. The lowest BCUT2D eigenvalue weighted by molar-refractivity contribution is -0.156. The van der Waals surface area contributed by atoms with E-state index < -0.39 is 12.1 Å². The highest BCUT2D eigenvalue weighted by molar-refractivity contribution is 5.18. The minimum Gasteiger partial charge on any atom is -0.366 e. The minimum atomic E-state index is -4.25. The van der Waals surface area contributed by atoms with E-state index in [4.69, 9.17) is 5.73 Å². The molecule has 0 aliphatic carbocycles. The van der Waals surface area contributed by atoms with Crippen LogP contribution in [0, 0.1) is 0 Å². The third-order valence-electron chi connectivity index (χ3n) is 2.29. The SMILES string of the molecule is Nc1nc2n(n1)CCCC2C(F)(F)F. The summed E-state index contributed by atoms with van der Waals surface area (Å²) in [5.41, 5.74) is 5.25. The van der Waals surface area contributed by atoms with Gasteiger partial charge in [0.05, 0.1) is 0 Å². The van der Waals surface area contributed by atoms with Crippen LogP contribution in [0.2, 0.25) is 0 Å². The van der Waals surface area contributed by atoms with Gasteiger partial charge < -0.3 is 5.73 Å². The first-order valence-corrected chi connectivity index (χ1v) is 4.25. The van der Waals surface area contributed by atoms with Gasteiger partial charge in [0.1, 0.15) is 11.7 Å². The van der Waals surface area contributed by atoms with E-state index in [2.05, 4.69) is 10.1 Å². The van der Waals surface area contributed by atoms with Gasteiger partial charge in [-0.1, -0.05) is 0 Å². The maximum atomic E-state index is 12.5. The van der Waals surface area contributed by atoms with Gasteiger partial charge in [0.2, 0.25) is 5.95 Å². The number of hydrogen-bond donors (Lipinski definition) is 1. The van der Waals surface area contributed by atoms with Gasteiger partial charge in [0.25, 0.3) is 0 Å². The van der Waals surface area contributed by atoms with Crippen LogP contribution < -0.4 is 5.73 Å². The van der Waals surface area contributed by atoms with Crippen LogP contribution in [0.25, 0.3) is 0 Å². The lowest BCUT2D eigenvalue weighted by atomic mass is 9.99. The van der Waals surface area contributed by atoms with E-state index in [1.54, 1.807) is 0 Å². The number of nitrogen functional groups attached to an aromatic ring is 1. The summed E-state index contributed by atoms with van der Waals surface area (Å²) < 4.78 is 38.8. The minimum absolute atomic E-state index is 0.0544. The molecule has 0 saturated heterocycles. The van der Waals surface area contributed by atoms with E-state index in [1.807, 2.05) is 0 Å². The Labute approximate surface area is 77.9 Å². The molecule has 0 radical (unpaired) electrons. The summed E-state index contributed by atoms with van der Waals surface area (Å²) in [5, 5.41) is 3.70. The number of aryl methyl sites for hydroxylation is 1. The second kappa shape index (κ2) is 2.86. The molecule has 78 valence electrons. The number of nitrogens with two attached hydrogens (primary N) is 1. The van der Waals surface area contributed by atoms with Crippen molar-refractivity contribution in [1.82, 2.24) is 14.8 Å². The third kappa shape index (κ3) is 1.42. The third-order valence-corrected chi connectivity index (χ3v) is 2.29. The Hall–Kier alpha value is -1.27. The first kappa shape index (κ1) is 9.29. The maximum absolute atomic E-state index is 12.5. The van der Waals surface area contributed by atoms with Gasteiger partial charge in [-0.15, -0.1) is 5.10 Å². The van der Waals surface area contributed by atoms with Crippen molar-refractivity contribution < 1.29 is 13.2 Å². The Morgan fingerprint density at radius 1 is 1.43 bits per heavy atom. The Bertz CT molecular complexity index is 343. The molecule has 0 amide bonds. The van der Waals surface area contributed by atoms with Crippen molar-refractivity contribution in [1.29, 1.82) is 0 Å². The van der Waals surface area contributed by atoms with Crippen molar-refractivity contribution >= 4 is 5.95 Å². The standard InChI is InChI=1S/C7H9F3N4/c8-7(9,10)4-2-1-3-14-5(4)12-6(11)13-14/h4H,1-3H2,(H2,11,13). The van der Waals surface area contributed by atoms with E-state index in [0.717, 1.165) is 0 Å². The fourth-order valence-corrected chi connectivity index (χ4v) is 1.68. The number of fused-ring (bicyclic) bond motifs is 1. The van der Waals surface area contributed by atoms with Crippen LogP contribution in [0.15, 0.2) is 0 Å². The summed E-state index contributed by atoms with van der Waals surface area (Å²) in [6.07, 6.45) is -3.72. The molecular weight excluding hydrogens is 197 g/mol. The lowest BCUT2D eigenvalue weighted by Crippen LogP contribution is -2.28. The Morgan fingerprint density at radius 2 is 2.14 bits per heavy atom. The second-order valence-electron chi connectivity index (χ2n) is 3.29. The quantitative estimate of drug-likeness (QED) is 0.696.